The highest BCUT2D eigenvalue weighted by Crippen LogP contribution is 2.20. The predicted octanol–water partition coefficient (Wildman–Crippen LogP) is 3.78. The van der Waals surface area contributed by atoms with Gasteiger partial charge in [0.05, 0.1) is 24.9 Å². The van der Waals surface area contributed by atoms with Gasteiger partial charge in [-0.2, -0.15) is 0 Å². The van der Waals surface area contributed by atoms with Crippen molar-refractivity contribution in [3.8, 4) is 11.6 Å². The molecule has 0 amide bonds. The van der Waals surface area contributed by atoms with Crippen LogP contribution in [0.3, 0.4) is 0 Å². The minimum Gasteiger partial charge on any atom is -0.437 e. The lowest BCUT2D eigenvalue weighted by Gasteiger charge is -2.19. The summed E-state index contributed by atoms with van der Waals surface area (Å²) >= 11 is 0. The summed E-state index contributed by atoms with van der Waals surface area (Å²) in [6.07, 6.45) is -0.851. The lowest BCUT2D eigenvalue weighted by atomic mass is 10.1. The maximum Gasteiger partial charge on any atom is 0.514 e. The molecule has 0 saturated carbocycles. The molecule has 0 N–H and O–H groups in total. The van der Waals surface area contributed by atoms with E-state index in [0.29, 0.717) is 5.69 Å². The summed E-state index contributed by atoms with van der Waals surface area (Å²) in [7, 11) is 1.17. The van der Waals surface area contributed by atoms with Crippen molar-refractivity contribution in [2.24, 2.45) is 0 Å². The monoisotopic (exact) mass is 442 g/mol. The molecule has 7 nitrogen and oxygen atoms in total. The first-order chi connectivity index (χ1) is 16.1. The lowest BCUT2D eigenvalue weighted by molar-refractivity contribution is 0.117. The van der Waals surface area contributed by atoms with E-state index in [-0.39, 0.29) is 24.4 Å². The smallest absolute Gasteiger partial charge is 0.437 e. The van der Waals surface area contributed by atoms with Gasteiger partial charge in [0.1, 0.15) is 0 Å². The number of aromatic nitrogens is 2. The van der Waals surface area contributed by atoms with E-state index in [1.54, 1.807) is 30.3 Å². The summed E-state index contributed by atoms with van der Waals surface area (Å²) in [5, 5.41) is 0. The summed E-state index contributed by atoms with van der Waals surface area (Å²) in [6, 6.07) is 27.2. The Morgan fingerprint density at radius 3 is 1.91 bits per heavy atom. The molecule has 0 aliphatic carbocycles. The highest BCUT2D eigenvalue weighted by atomic mass is 16.7. The van der Waals surface area contributed by atoms with Gasteiger partial charge < -0.3 is 9.47 Å². The van der Waals surface area contributed by atoms with Crippen LogP contribution in [0.15, 0.2) is 101 Å². The minimum absolute atomic E-state index is 0.0981. The third kappa shape index (κ3) is 4.77. The van der Waals surface area contributed by atoms with Crippen LogP contribution in [0, 0.1) is 0 Å². The van der Waals surface area contributed by atoms with E-state index < -0.39 is 17.4 Å². The molecule has 1 heterocycles. The number of carbonyl (C=O) groups is 1. The SMILES string of the molecule is COC(=O)Oc1c(Cc2ccccc2)c(=O)n(-c2ccccc2)c(=O)n1Cc1ccccc1. The molecule has 0 aliphatic heterocycles. The van der Waals surface area contributed by atoms with Crippen molar-refractivity contribution in [1.82, 2.24) is 9.13 Å². The van der Waals surface area contributed by atoms with Crippen molar-refractivity contribution in [2.45, 2.75) is 13.0 Å². The van der Waals surface area contributed by atoms with E-state index in [9.17, 15) is 14.4 Å². The van der Waals surface area contributed by atoms with Gasteiger partial charge in [-0.15, -0.1) is 0 Å². The van der Waals surface area contributed by atoms with E-state index in [0.717, 1.165) is 15.7 Å². The molecule has 0 saturated heterocycles. The first kappa shape index (κ1) is 21.8. The maximum absolute atomic E-state index is 13.6. The number of benzene rings is 3. The predicted molar refractivity (Wildman–Crippen MR) is 124 cm³/mol. The van der Waals surface area contributed by atoms with Gasteiger partial charge in [0.2, 0.25) is 5.88 Å². The van der Waals surface area contributed by atoms with Crippen molar-refractivity contribution >= 4 is 6.16 Å². The average Bonchev–Trinajstić information content (AvgIpc) is 2.86. The molecule has 0 fully saturated rings. The molecule has 0 spiro atoms. The molecule has 0 unspecified atom stereocenters. The largest absolute Gasteiger partial charge is 0.514 e. The Morgan fingerprint density at radius 2 is 1.33 bits per heavy atom. The molecule has 0 radical (unpaired) electrons. The van der Waals surface area contributed by atoms with Crippen LogP contribution in [0.5, 0.6) is 5.88 Å². The van der Waals surface area contributed by atoms with E-state index in [1.165, 1.54) is 11.7 Å². The van der Waals surface area contributed by atoms with Gasteiger partial charge in [0.25, 0.3) is 5.56 Å². The summed E-state index contributed by atoms with van der Waals surface area (Å²) < 4.78 is 12.5. The van der Waals surface area contributed by atoms with Crippen LogP contribution in [0.25, 0.3) is 5.69 Å². The van der Waals surface area contributed by atoms with Gasteiger partial charge in [0.15, 0.2) is 0 Å². The molecule has 3 aromatic carbocycles. The van der Waals surface area contributed by atoms with Crippen LogP contribution < -0.4 is 16.0 Å². The van der Waals surface area contributed by atoms with Crippen molar-refractivity contribution in [3.05, 3.63) is 129 Å². The van der Waals surface area contributed by atoms with Gasteiger partial charge in [-0.05, 0) is 23.3 Å². The second kappa shape index (κ2) is 9.82. The summed E-state index contributed by atoms with van der Waals surface area (Å²) in [6.45, 7) is 0.0981. The highest BCUT2D eigenvalue weighted by Gasteiger charge is 2.24. The first-order valence-corrected chi connectivity index (χ1v) is 10.4. The zero-order chi connectivity index (χ0) is 23.2. The number of nitrogens with zero attached hydrogens (tertiary/aromatic N) is 2. The Morgan fingerprint density at radius 1 is 0.788 bits per heavy atom. The third-order valence-electron chi connectivity index (χ3n) is 5.16. The van der Waals surface area contributed by atoms with Crippen LogP contribution in [-0.4, -0.2) is 22.4 Å². The van der Waals surface area contributed by atoms with E-state index in [1.807, 2.05) is 60.7 Å². The number of para-hydroxylation sites is 1. The molecule has 4 rings (SSSR count). The topological polar surface area (TPSA) is 79.5 Å². The number of hydrogen-bond donors (Lipinski definition) is 0. The quantitative estimate of drug-likeness (QED) is 0.425. The van der Waals surface area contributed by atoms with Gasteiger partial charge >= 0.3 is 11.8 Å². The number of carbonyl (C=O) groups excluding carboxylic acids is 1. The van der Waals surface area contributed by atoms with Crippen LogP contribution in [0.1, 0.15) is 16.7 Å². The highest BCUT2D eigenvalue weighted by molar-refractivity contribution is 5.63. The van der Waals surface area contributed by atoms with Crippen LogP contribution in [0.4, 0.5) is 4.79 Å². The molecule has 0 aliphatic rings. The Balaban J connectivity index is 2.01. The summed E-state index contributed by atoms with van der Waals surface area (Å²) in [5.41, 5.74) is 1.05. The van der Waals surface area contributed by atoms with Gasteiger partial charge in [-0.1, -0.05) is 78.9 Å². The number of hydrogen-bond acceptors (Lipinski definition) is 5. The van der Waals surface area contributed by atoms with Gasteiger partial charge in [0, 0.05) is 6.42 Å². The fourth-order valence-corrected chi connectivity index (χ4v) is 3.58. The standard InChI is InChI=1S/C26H22N2O5/c1-32-26(31)33-24-22(17-19-11-5-2-6-12-19)23(29)28(21-15-9-4-10-16-21)25(30)27(24)18-20-13-7-3-8-14-20/h2-16H,17-18H2,1H3. The molecule has 4 aromatic rings. The van der Waals surface area contributed by atoms with Crippen LogP contribution in [-0.2, 0) is 17.7 Å². The number of methoxy groups -OCH3 is 1. The lowest BCUT2D eigenvalue weighted by Crippen LogP contribution is -2.42. The van der Waals surface area contributed by atoms with Crippen LogP contribution in [0.2, 0.25) is 0 Å². The third-order valence-corrected chi connectivity index (χ3v) is 5.16. The molecular weight excluding hydrogens is 420 g/mol. The van der Waals surface area contributed by atoms with E-state index >= 15 is 0 Å². The molecular formula is C26H22N2O5. The van der Waals surface area contributed by atoms with Crippen molar-refractivity contribution in [2.75, 3.05) is 7.11 Å². The normalized spacial score (nSPS) is 10.6. The zero-order valence-corrected chi connectivity index (χ0v) is 18.0. The molecule has 166 valence electrons. The average molecular weight is 442 g/mol. The van der Waals surface area contributed by atoms with Crippen molar-refractivity contribution < 1.29 is 14.3 Å². The van der Waals surface area contributed by atoms with E-state index in [2.05, 4.69) is 4.74 Å². The van der Waals surface area contributed by atoms with Crippen molar-refractivity contribution in [1.29, 1.82) is 0 Å². The Bertz CT molecular complexity index is 1280. The molecule has 0 bridgehead atoms. The number of ether oxygens (including phenoxy) is 2. The molecule has 0 atom stereocenters. The first-order valence-electron chi connectivity index (χ1n) is 10.4. The fraction of sp³-hybridized carbons (Fsp3) is 0.115. The summed E-state index contributed by atoms with van der Waals surface area (Å²) in [4.78, 5) is 39.3. The Kier molecular flexibility index (Phi) is 6.50. The maximum atomic E-state index is 13.6. The molecule has 7 heteroatoms. The summed E-state index contributed by atoms with van der Waals surface area (Å²) in [5.74, 6) is -0.128. The van der Waals surface area contributed by atoms with Gasteiger partial charge in [-0.3, -0.25) is 9.36 Å². The number of rotatable bonds is 6. The second-order valence-corrected chi connectivity index (χ2v) is 7.33. The molecule has 33 heavy (non-hydrogen) atoms. The zero-order valence-electron chi connectivity index (χ0n) is 18.0. The second-order valence-electron chi connectivity index (χ2n) is 7.33. The minimum atomic E-state index is -1.01. The van der Waals surface area contributed by atoms with E-state index in [4.69, 9.17) is 4.74 Å². The van der Waals surface area contributed by atoms with Crippen molar-refractivity contribution in [3.63, 3.8) is 0 Å². The molecule has 1 aromatic heterocycles. The Hall–Kier alpha value is -4.39. The Labute approximate surface area is 190 Å². The van der Waals surface area contributed by atoms with Crippen LogP contribution >= 0.6 is 0 Å². The fourth-order valence-electron chi connectivity index (χ4n) is 3.58. The van der Waals surface area contributed by atoms with Gasteiger partial charge in [-0.25, -0.2) is 14.2 Å².